The zero-order chi connectivity index (χ0) is 27.7. The number of hydrogen-bond acceptors (Lipinski definition) is 1. The van der Waals surface area contributed by atoms with Crippen LogP contribution in [0, 0.1) is 26.6 Å². The predicted octanol–water partition coefficient (Wildman–Crippen LogP) is 5.98. The van der Waals surface area contributed by atoms with Gasteiger partial charge in [0.2, 0.25) is 0 Å². The Labute approximate surface area is 236 Å². The van der Waals surface area contributed by atoms with Gasteiger partial charge in [-0.3, -0.25) is 4.57 Å². The average molecular weight is 539 g/mol. The molecule has 0 spiro atoms. The molecule has 4 heteroatoms. The van der Waals surface area contributed by atoms with Crippen LogP contribution in [0.15, 0.2) is 134 Å². The van der Waals surface area contributed by atoms with Crippen molar-refractivity contribution in [2.75, 3.05) is 0 Å². The Balaban J connectivity index is 1.67. The summed E-state index contributed by atoms with van der Waals surface area (Å²) in [5.41, 5.74) is 5.02. The van der Waals surface area contributed by atoms with Crippen molar-refractivity contribution in [2.24, 2.45) is 0 Å². The van der Waals surface area contributed by atoms with Gasteiger partial charge in [0.25, 0.3) is 0 Å². The third kappa shape index (κ3) is 4.21. The van der Waals surface area contributed by atoms with Crippen molar-refractivity contribution in [3.05, 3.63) is 156 Å². The fourth-order valence-electron chi connectivity index (χ4n) is 6.26. The Bertz CT molecular complexity index is 1660. The van der Waals surface area contributed by atoms with Crippen molar-refractivity contribution in [3.63, 3.8) is 0 Å². The van der Waals surface area contributed by atoms with Crippen LogP contribution in [-0.4, -0.2) is 17.6 Å². The second-order valence-corrected chi connectivity index (χ2v) is 14.2. The van der Waals surface area contributed by atoms with Crippen LogP contribution in [0.25, 0.3) is 17.1 Å². The highest BCUT2D eigenvalue weighted by Gasteiger charge is 2.43. The highest BCUT2D eigenvalue weighted by atomic mass is 28.3. The van der Waals surface area contributed by atoms with E-state index in [-0.39, 0.29) is 5.82 Å². The maximum atomic E-state index is 17.3. The minimum atomic E-state index is -3.03. The zero-order valence-corrected chi connectivity index (χ0v) is 24.0. The number of halogens is 1. The van der Waals surface area contributed by atoms with Gasteiger partial charge in [-0.25, -0.2) is 9.37 Å². The molecule has 0 N–H and O–H groups in total. The molecule has 0 aliphatic heterocycles. The average Bonchev–Trinajstić information content (AvgIpc) is 3.44. The molecule has 0 saturated heterocycles. The summed E-state index contributed by atoms with van der Waals surface area (Å²) < 4.78 is 19.4. The lowest BCUT2D eigenvalue weighted by Crippen LogP contribution is -2.75. The van der Waals surface area contributed by atoms with Crippen molar-refractivity contribution in [1.29, 1.82) is 0 Å². The van der Waals surface area contributed by atoms with Crippen molar-refractivity contribution in [2.45, 2.75) is 20.8 Å². The van der Waals surface area contributed by atoms with Crippen LogP contribution in [0.3, 0.4) is 0 Å². The summed E-state index contributed by atoms with van der Waals surface area (Å²) in [4.78, 5) is 4.71. The largest absolute Gasteiger partial charge is 0.299 e. The maximum Gasteiger partial charge on any atom is 0.182 e. The molecule has 40 heavy (non-hydrogen) atoms. The van der Waals surface area contributed by atoms with Crippen molar-refractivity contribution in [1.82, 2.24) is 9.55 Å². The number of imidazole rings is 1. The number of aryl methyl sites for hydroxylation is 3. The highest BCUT2D eigenvalue weighted by Crippen LogP contribution is 2.29. The molecule has 0 amide bonds. The molecule has 6 aromatic rings. The number of rotatable bonds is 6. The Hall–Kier alpha value is -4.54. The monoisotopic (exact) mass is 538 g/mol. The van der Waals surface area contributed by atoms with Crippen LogP contribution in [0.4, 0.5) is 4.39 Å². The van der Waals surface area contributed by atoms with Gasteiger partial charge < -0.3 is 0 Å². The minimum Gasteiger partial charge on any atom is -0.299 e. The molecule has 0 atom stereocenters. The molecule has 0 fully saturated rings. The minimum absolute atomic E-state index is 0.222. The fraction of sp³-hybridized carbons (Fsp3) is 0.0833. The zero-order valence-electron chi connectivity index (χ0n) is 23.0. The van der Waals surface area contributed by atoms with E-state index < -0.39 is 8.07 Å². The molecule has 0 aliphatic carbocycles. The predicted molar refractivity (Wildman–Crippen MR) is 167 cm³/mol. The molecule has 6 rings (SSSR count). The van der Waals surface area contributed by atoms with E-state index in [0.29, 0.717) is 11.4 Å². The van der Waals surface area contributed by atoms with Crippen LogP contribution >= 0.6 is 0 Å². The van der Waals surface area contributed by atoms with Gasteiger partial charge in [-0.05, 0) is 58.7 Å². The van der Waals surface area contributed by atoms with Crippen LogP contribution < -0.4 is 20.7 Å². The van der Waals surface area contributed by atoms with E-state index in [2.05, 4.69) is 106 Å². The first-order valence-electron chi connectivity index (χ1n) is 13.6. The number of aromatic nitrogens is 2. The molecule has 0 unspecified atom stereocenters. The molecular formula is C36H31FN2Si. The van der Waals surface area contributed by atoms with Gasteiger partial charge in [-0.2, -0.15) is 0 Å². The standard InChI is InChI=1S/C36H31FN2Si/c1-26-24-27(2)35(28(3)25-26)39-23-22-38-36(39)32-20-13-21-33(34(32)37)40(29-14-7-4-8-15-29,30-16-9-5-10-17-30)31-18-11-6-12-19-31/h4-25H,1-3H3. The molecule has 196 valence electrons. The Morgan fingerprint density at radius 1 is 0.625 bits per heavy atom. The Kier molecular flexibility index (Phi) is 6.79. The third-order valence-electron chi connectivity index (χ3n) is 7.78. The second kappa shape index (κ2) is 10.6. The van der Waals surface area contributed by atoms with Gasteiger partial charge in [0, 0.05) is 12.4 Å². The molecule has 1 heterocycles. The lowest BCUT2D eigenvalue weighted by atomic mass is 10.0. The lowest BCUT2D eigenvalue weighted by molar-refractivity contribution is 0.637. The maximum absolute atomic E-state index is 17.3. The van der Waals surface area contributed by atoms with Gasteiger partial charge in [0.05, 0.1) is 11.3 Å². The van der Waals surface area contributed by atoms with Crippen LogP contribution in [-0.2, 0) is 0 Å². The number of nitrogens with zero attached hydrogens (tertiary/aromatic N) is 2. The van der Waals surface area contributed by atoms with Crippen LogP contribution in [0.2, 0.25) is 0 Å². The van der Waals surface area contributed by atoms with Crippen molar-refractivity contribution >= 4 is 28.8 Å². The van der Waals surface area contributed by atoms with Gasteiger partial charge in [0.1, 0.15) is 11.6 Å². The van der Waals surface area contributed by atoms with E-state index >= 15 is 4.39 Å². The van der Waals surface area contributed by atoms with Gasteiger partial charge >= 0.3 is 0 Å². The summed E-state index contributed by atoms with van der Waals surface area (Å²) in [6, 6.07) is 41.5. The smallest absolute Gasteiger partial charge is 0.182 e. The van der Waals surface area contributed by atoms with E-state index in [9.17, 15) is 0 Å². The number of benzene rings is 5. The topological polar surface area (TPSA) is 17.8 Å². The molecule has 5 aromatic carbocycles. The molecule has 0 saturated carbocycles. The summed E-state index contributed by atoms with van der Waals surface area (Å²) in [5, 5.41) is 4.13. The van der Waals surface area contributed by atoms with Gasteiger partial charge in [-0.1, -0.05) is 121 Å². The first-order chi connectivity index (χ1) is 19.5. The molecule has 0 bridgehead atoms. The molecule has 1 aromatic heterocycles. The Morgan fingerprint density at radius 2 is 1.12 bits per heavy atom. The summed E-state index contributed by atoms with van der Waals surface area (Å²) in [7, 11) is -3.03. The SMILES string of the molecule is Cc1cc(C)c(-n2ccnc2-c2cccc([Si](c3ccccc3)(c3ccccc3)c3ccccc3)c2F)c(C)c1. The van der Waals surface area contributed by atoms with Crippen LogP contribution in [0.5, 0.6) is 0 Å². The molecule has 2 nitrogen and oxygen atoms in total. The van der Waals surface area contributed by atoms with Crippen molar-refractivity contribution in [3.8, 4) is 17.1 Å². The summed E-state index contributed by atoms with van der Waals surface area (Å²) >= 11 is 0. The second-order valence-electron chi connectivity index (χ2n) is 10.4. The normalized spacial score (nSPS) is 11.5. The Morgan fingerprint density at radius 3 is 1.62 bits per heavy atom. The molecule has 0 aliphatic rings. The molecule has 0 radical (unpaired) electrons. The van der Waals surface area contributed by atoms with Crippen LogP contribution in [0.1, 0.15) is 16.7 Å². The summed E-state index contributed by atoms with van der Waals surface area (Å²) in [6.45, 7) is 6.30. The summed E-state index contributed by atoms with van der Waals surface area (Å²) in [6.07, 6.45) is 3.69. The fourth-order valence-corrected chi connectivity index (χ4v) is 11.1. The summed E-state index contributed by atoms with van der Waals surface area (Å²) in [5.74, 6) is 0.382. The first kappa shape index (κ1) is 25.7. The highest BCUT2D eigenvalue weighted by molar-refractivity contribution is 7.20. The van der Waals surface area contributed by atoms with Crippen molar-refractivity contribution < 1.29 is 4.39 Å². The van der Waals surface area contributed by atoms with Gasteiger partial charge in [0.15, 0.2) is 8.07 Å². The lowest BCUT2D eigenvalue weighted by Gasteiger charge is -2.35. The van der Waals surface area contributed by atoms with E-state index in [1.54, 1.807) is 6.20 Å². The van der Waals surface area contributed by atoms with E-state index in [1.807, 2.05) is 47.2 Å². The van der Waals surface area contributed by atoms with E-state index in [4.69, 9.17) is 4.98 Å². The number of hydrogen-bond donors (Lipinski definition) is 0. The van der Waals surface area contributed by atoms with E-state index in [0.717, 1.165) is 37.6 Å². The van der Waals surface area contributed by atoms with E-state index in [1.165, 1.54) is 5.56 Å². The third-order valence-corrected chi connectivity index (χ3v) is 12.6. The molecular weight excluding hydrogens is 507 g/mol. The quantitative estimate of drug-likeness (QED) is 0.188. The van der Waals surface area contributed by atoms with Gasteiger partial charge in [-0.15, -0.1) is 0 Å². The first-order valence-corrected chi connectivity index (χ1v) is 15.6.